The standard InChI is InChI=1S/C26H34O/c1-16(2)22-13-18-9-5-6-10-19(18)14-24(22)25-23(17(3)4)15-20-11-7-8-12-21(20)26(25)27/h13-17,27H,5-12H2,1-4H3. The minimum Gasteiger partial charge on any atom is -0.507 e. The molecule has 4 rings (SSSR count). The summed E-state index contributed by atoms with van der Waals surface area (Å²) in [5.74, 6) is 1.45. The summed E-state index contributed by atoms with van der Waals surface area (Å²) in [6.45, 7) is 9.11. The molecule has 2 aromatic rings. The molecule has 1 heteroatoms. The Hall–Kier alpha value is -1.76. The van der Waals surface area contributed by atoms with E-state index in [0.717, 1.165) is 18.4 Å². The van der Waals surface area contributed by atoms with E-state index in [0.29, 0.717) is 17.6 Å². The van der Waals surface area contributed by atoms with Gasteiger partial charge in [0, 0.05) is 5.56 Å². The second kappa shape index (κ2) is 7.34. The van der Waals surface area contributed by atoms with Crippen LogP contribution in [0.4, 0.5) is 0 Å². The summed E-state index contributed by atoms with van der Waals surface area (Å²) in [5.41, 5.74) is 10.8. The van der Waals surface area contributed by atoms with E-state index >= 15 is 0 Å². The van der Waals surface area contributed by atoms with Crippen molar-refractivity contribution in [3.05, 3.63) is 51.6 Å². The maximum Gasteiger partial charge on any atom is 0.127 e. The van der Waals surface area contributed by atoms with Gasteiger partial charge in [0.1, 0.15) is 5.75 Å². The highest BCUT2D eigenvalue weighted by Gasteiger charge is 2.25. The summed E-state index contributed by atoms with van der Waals surface area (Å²) in [6.07, 6.45) is 9.58. The number of hydrogen-bond donors (Lipinski definition) is 1. The molecule has 1 nitrogen and oxygen atoms in total. The Balaban J connectivity index is 2.00. The summed E-state index contributed by atoms with van der Waals surface area (Å²) >= 11 is 0. The molecule has 0 aromatic heterocycles. The molecule has 0 radical (unpaired) electrons. The molecule has 144 valence electrons. The fourth-order valence-corrected chi connectivity index (χ4v) is 5.14. The number of aromatic hydroxyl groups is 1. The SMILES string of the molecule is CC(C)c1cc2c(cc1-c1c(C(C)C)cc3c(c1O)CCCC3)CCCC2. The molecule has 2 aromatic carbocycles. The highest BCUT2D eigenvalue weighted by Crippen LogP contribution is 2.46. The number of benzene rings is 2. The third-order valence-electron chi connectivity index (χ3n) is 6.68. The van der Waals surface area contributed by atoms with Crippen LogP contribution in [0.3, 0.4) is 0 Å². The zero-order chi connectivity index (χ0) is 19.1. The largest absolute Gasteiger partial charge is 0.507 e. The van der Waals surface area contributed by atoms with Crippen molar-refractivity contribution in [2.24, 2.45) is 0 Å². The summed E-state index contributed by atoms with van der Waals surface area (Å²) < 4.78 is 0. The van der Waals surface area contributed by atoms with Crippen LogP contribution in [0.2, 0.25) is 0 Å². The van der Waals surface area contributed by atoms with E-state index in [1.807, 2.05) is 0 Å². The molecule has 27 heavy (non-hydrogen) atoms. The van der Waals surface area contributed by atoms with Crippen LogP contribution in [0.1, 0.15) is 98.6 Å². The molecule has 0 aliphatic heterocycles. The molecule has 0 bridgehead atoms. The van der Waals surface area contributed by atoms with Gasteiger partial charge in [0.05, 0.1) is 0 Å². The van der Waals surface area contributed by atoms with Crippen LogP contribution in [0.5, 0.6) is 5.75 Å². The van der Waals surface area contributed by atoms with Crippen molar-refractivity contribution in [2.75, 3.05) is 0 Å². The molecule has 0 fully saturated rings. The molecule has 0 unspecified atom stereocenters. The minimum atomic E-state index is 0.411. The summed E-state index contributed by atoms with van der Waals surface area (Å²) in [6, 6.07) is 7.30. The van der Waals surface area contributed by atoms with Crippen LogP contribution < -0.4 is 0 Å². The average Bonchev–Trinajstić information content (AvgIpc) is 2.66. The first-order valence-corrected chi connectivity index (χ1v) is 11.0. The monoisotopic (exact) mass is 362 g/mol. The van der Waals surface area contributed by atoms with Crippen LogP contribution in [0, 0.1) is 0 Å². The minimum absolute atomic E-state index is 0.411. The van der Waals surface area contributed by atoms with Crippen molar-refractivity contribution in [2.45, 2.75) is 90.9 Å². The van der Waals surface area contributed by atoms with Gasteiger partial charge in [0.25, 0.3) is 0 Å². The van der Waals surface area contributed by atoms with Gasteiger partial charge < -0.3 is 5.11 Å². The van der Waals surface area contributed by atoms with Gasteiger partial charge in [-0.1, -0.05) is 45.9 Å². The van der Waals surface area contributed by atoms with Crippen molar-refractivity contribution in [3.63, 3.8) is 0 Å². The summed E-state index contributed by atoms with van der Waals surface area (Å²) in [5, 5.41) is 11.4. The lowest BCUT2D eigenvalue weighted by molar-refractivity contribution is 0.462. The first-order chi connectivity index (χ1) is 13.0. The Labute approximate surface area is 164 Å². The maximum atomic E-state index is 11.4. The molecular weight excluding hydrogens is 328 g/mol. The lowest BCUT2D eigenvalue weighted by Gasteiger charge is -2.27. The second-order valence-electron chi connectivity index (χ2n) is 9.26. The van der Waals surface area contributed by atoms with Crippen molar-refractivity contribution in [3.8, 4) is 16.9 Å². The Morgan fingerprint density at radius 1 is 0.667 bits per heavy atom. The lowest BCUT2D eigenvalue weighted by Crippen LogP contribution is -2.09. The highest BCUT2D eigenvalue weighted by molar-refractivity contribution is 5.80. The summed E-state index contributed by atoms with van der Waals surface area (Å²) in [7, 11) is 0. The molecule has 0 spiro atoms. The third kappa shape index (κ3) is 3.30. The second-order valence-corrected chi connectivity index (χ2v) is 9.26. The normalized spacial score (nSPS) is 16.5. The predicted octanol–water partition coefficient (Wildman–Crippen LogP) is 7.06. The molecule has 0 atom stereocenters. The molecule has 0 saturated heterocycles. The quantitative estimate of drug-likeness (QED) is 0.619. The van der Waals surface area contributed by atoms with Gasteiger partial charge in [0.15, 0.2) is 0 Å². The third-order valence-corrected chi connectivity index (χ3v) is 6.68. The van der Waals surface area contributed by atoms with E-state index in [1.54, 1.807) is 0 Å². The van der Waals surface area contributed by atoms with Gasteiger partial charge in [-0.2, -0.15) is 0 Å². The van der Waals surface area contributed by atoms with E-state index in [1.165, 1.54) is 77.5 Å². The Kier molecular flexibility index (Phi) is 5.05. The molecular formula is C26H34O. The van der Waals surface area contributed by atoms with Gasteiger partial charge in [-0.3, -0.25) is 0 Å². The summed E-state index contributed by atoms with van der Waals surface area (Å²) in [4.78, 5) is 0. The fourth-order valence-electron chi connectivity index (χ4n) is 5.14. The molecule has 2 aliphatic carbocycles. The van der Waals surface area contributed by atoms with Crippen LogP contribution in [-0.4, -0.2) is 5.11 Å². The maximum absolute atomic E-state index is 11.4. The van der Waals surface area contributed by atoms with Gasteiger partial charge in [-0.15, -0.1) is 0 Å². The predicted molar refractivity (Wildman–Crippen MR) is 115 cm³/mol. The first-order valence-electron chi connectivity index (χ1n) is 11.0. The number of rotatable bonds is 3. The van der Waals surface area contributed by atoms with Gasteiger partial charge in [-0.05, 0) is 102 Å². The first kappa shape index (κ1) is 18.6. The van der Waals surface area contributed by atoms with E-state index in [9.17, 15) is 5.11 Å². The molecule has 2 aliphatic rings. The van der Waals surface area contributed by atoms with Crippen molar-refractivity contribution >= 4 is 0 Å². The fraction of sp³-hybridized carbons (Fsp3) is 0.538. The van der Waals surface area contributed by atoms with Gasteiger partial charge in [0.2, 0.25) is 0 Å². The van der Waals surface area contributed by atoms with E-state index in [-0.39, 0.29) is 0 Å². The highest BCUT2D eigenvalue weighted by atomic mass is 16.3. The van der Waals surface area contributed by atoms with Crippen molar-refractivity contribution in [1.29, 1.82) is 0 Å². The van der Waals surface area contributed by atoms with Crippen molar-refractivity contribution < 1.29 is 5.11 Å². The smallest absolute Gasteiger partial charge is 0.127 e. The topological polar surface area (TPSA) is 20.2 Å². The van der Waals surface area contributed by atoms with E-state index in [2.05, 4.69) is 45.9 Å². The number of fused-ring (bicyclic) bond motifs is 2. The van der Waals surface area contributed by atoms with Crippen LogP contribution >= 0.6 is 0 Å². The average molecular weight is 363 g/mol. The molecule has 0 heterocycles. The lowest BCUT2D eigenvalue weighted by atomic mass is 9.78. The van der Waals surface area contributed by atoms with E-state index in [4.69, 9.17) is 0 Å². The van der Waals surface area contributed by atoms with E-state index < -0.39 is 0 Å². The number of aryl methyl sites for hydroxylation is 3. The van der Waals surface area contributed by atoms with Crippen LogP contribution in [0.25, 0.3) is 11.1 Å². The number of phenolic OH excluding ortho intramolecular Hbond substituents is 1. The number of hydrogen-bond acceptors (Lipinski definition) is 1. The molecule has 1 N–H and O–H groups in total. The number of phenols is 1. The Morgan fingerprint density at radius 3 is 1.81 bits per heavy atom. The zero-order valence-electron chi connectivity index (χ0n) is 17.5. The van der Waals surface area contributed by atoms with Crippen molar-refractivity contribution in [1.82, 2.24) is 0 Å². The van der Waals surface area contributed by atoms with Gasteiger partial charge in [-0.25, -0.2) is 0 Å². The van der Waals surface area contributed by atoms with Crippen LogP contribution in [-0.2, 0) is 25.7 Å². The molecule has 0 amide bonds. The zero-order valence-corrected chi connectivity index (χ0v) is 17.5. The van der Waals surface area contributed by atoms with Crippen LogP contribution in [0.15, 0.2) is 18.2 Å². The van der Waals surface area contributed by atoms with Gasteiger partial charge >= 0.3 is 0 Å². The molecule has 0 saturated carbocycles. The Bertz CT molecular complexity index is 857. The Morgan fingerprint density at radius 2 is 1.19 bits per heavy atom.